The van der Waals surface area contributed by atoms with Gasteiger partial charge < -0.3 is 9.80 Å². The predicted octanol–water partition coefficient (Wildman–Crippen LogP) is 14.4. The standard InChI is InChI=1S/C49H50N2Si2/c1-35-19-24-40(25-20-35)50(38-15-11-9-12-16-38)42-28-31-44-37(33-42)23-30-46-45-32-29-43(34-47(45)49(48(44)46,52(3,4)5)53(6,7)8)51(39-17-13-10-14-18-39)41-26-21-36(2)22-27-41/h9-34H,1-8H3. The highest BCUT2D eigenvalue weighted by Gasteiger charge is 2.59. The number of hydrogen-bond donors (Lipinski definition) is 0. The number of benzene rings is 7. The molecule has 1 aliphatic rings. The number of para-hydroxylation sites is 2. The average molecular weight is 723 g/mol. The Balaban J connectivity index is 1.36. The van der Waals surface area contributed by atoms with Gasteiger partial charge >= 0.3 is 0 Å². The van der Waals surface area contributed by atoms with Crippen LogP contribution in [0.2, 0.25) is 39.3 Å². The molecule has 8 rings (SSSR count). The summed E-state index contributed by atoms with van der Waals surface area (Å²) in [6, 6.07) is 58.9. The first kappa shape index (κ1) is 34.9. The van der Waals surface area contributed by atoms with Gasteiger partial charge in [0.05, 0.1) is 16.1 Å². The molecule has 0 aromatic heterocycles. The van der Waals surface area contributed by atoms with Gasteiger partial charge in [-0.2, -0.15) is 0 Å². The fourth-order valence-corrected chi connectivity index (χ4v) is 22.6. The number of nitrogens with zero attached hydrogens (tertiary/aromatic N) is 2. The molecule has 7 aromatic carbocycles. The van der Waals surface area contributed by atoms with Crippen molar-refractivity contribution in [2.24, 2.45) is 0 Å². The van der Waals surface area contributed by atoms with Crippen molar-refractivity contribution < 1.29 is 0 Å². The SMILES string of the molecule is Cc1ccc(N(c2ccccc2)c2ccc3c(c2)C([Si](C)(C)C)([Si](C)(C)C)c2c-3ccc3cc(N(c4ccccc4)c4ccc(C)cc4)ccc23)cc1. The number of aryl methyl sites for hydroxylation is 2. The van der Waals surface area contributed by atoms with Crippen molar-refractivity contribution >= 4 is 61.0 Å². The first-order chi connectivity index (χ1) is 25.4. The van der Waals surface area contributed by atoms with E-state index < -0.39 is 16.1 Å². The van der Waals surface area contributed by atoms with E-state index in [9.17, 15) is 0 Å². The van der Waals surface area contributed by atoms with E-state index in [-0.39, 0.29) is 4.66 Å². The highest BCUT2D eigenvalue weighted by molar-refractivity contribution is 7.00. The highest BCUT2D eigenvalue weighted by atomic mass is 28.4. The van der Waals surface area contributed by atoms with Gasteiger partial charge in [0.15, 0.2) is 0 Å². The third kappa shape index (κ3) is 5.76. The minimum Gasteiger partial charge on any atom is -0.310 e. The van der Waals surface area contributed by atoms with Crippen LogP contribution in [0.1, 0.15) is 22.3 Å². The van der Waals surface area contributed by atoms with Gasteiger partial charge in [-0.1, -0.05) is 135 Å². The third-order valence-corrected chi connectivity index (χ3v) is 21.5. The molecule has 53 heavy (non-hydrogen) atoms. The fraction of sp³-hybridized carbons (Fsp3) is 0.184. The second-order valence-corrected chi connectivity index (χ2v) is 27.9. The quantitative estimate of drug-likeness (QED) is 0.144. The van der Waals surface area contributed by atoms with Gasteiger partial charge in [0.1, 0.15) is 0 Å². The van der Waals surface area contributed by atoms with Gasteiger partial charge in [0.2, 0.25) is 0 Å². The lowest BCUT2D eigenvalue weighted by atomic mass is 9.98. The smallest absolute Gasteiger partial charge is 0.0579 e. The van der Waals surface area contributed by atoms with E-state index in [1.54, 1.807) is 5.56 Å². The minimum absolute atomic E-state index is 0.0204. The second-order valence-electron chi connectivity index (χ2n) is 16.9. The van der Waals surface area contributed by atoms with E-state index in [4.69, 9.17) is 0 Å². The molecule has 7 aromatic rings. The lowest BCUT2D eigenvalue weighted by Crippen LogP contribution is -2.63. The molecule has 0 radical (unpaired) electrons. The molecule has 0 saturated heterocycles. The van der Waals surface area contributed by atoms with Gasteiger partial charge in [0, 0.05) is 38.8 Å². The van der Waals surface area contributed by atoms with Crippen LogP contribution in [0.25, 0.3) is 21.9 Å². The van der Waals surface area contributed by atoms with Gasteiger partial charge in [-0.15, -0.1) is 0 Å². The van der Waals surface area contributed by atoms with Crippen LogP contribution in [0.3, 0.4) is 0 Å². The minimum atomic E-state index is -1.97. The monoisotopic (exact) mass is 722 g/mol. The summed E-state index contributed by atoms with van der Waals surface area (Å²) < 4.78 is -0.0204. The van der Waals surface area contributed by atoms with E-state index in [0.717, 1.165) is 11.4 Å². The number of hydrogen-bond acceptors (Lipinski definition) is 2. The lowest BCUT2D eigenvalue weighted by molar-refractivity contribution is 0.961. The summed E-state index contributed by atoms with van der Waals surface area (Å²) in [5.74, 6) is 0. The Hall–Kier alpha value is -5.17. The van der Waals surface area contributed by atoms with Crippen molar-refractivity contribution in [1.29, 1.82) is 0 Å². The van der Waals surface area contributed by atoms with Crippen LogP contribution >= 0.6 is 0 Å². The molecule has 0 unspecified atom stereocenters. The van der Waals surface area contributed by atoms with E-state index in [1.165, 1.54) is 61.3 Å². The summed E-state index contributed by atoms with van der Waals surface area (Å²) in [7, 11) is -3.93. The Morgan fingerprint density at radius 1 is 0.396 bits per heavy atom. The molecular weight excluding hydrogens is 673 g/mol. The fourth-order valence-electron chi connectivity index (χ4n) is 9.56. The Labute approximate surface area is 318 Å². The maximum atomic E-state index is 2.62. The Morgan fingerprint density at radius 2 is 0.811 bits per heavy atom. The zero-order valence-corrected chi connectivity index (χ0v) is 34.4. The molecule has 264 valence electrons. The van der Waals surface area contributed by atoms with Crippen LogP contribution in [0.15, 0.2) is 158 Å². The van der Waals surface area contributed by atoms with E-state index in [0.29, 0.717) is 0 Å². The summed E-state index contributed by atoms with van der Waals surface area (Å²) >= 11 is 0. The molecule has 0 fully saturated rings. The number of rotatable bonds is 8. The van der Waals surface area contributed by atoms with Crippen molar-refractivity contribution in [3.63, 3.8) is 0 Å². The predicted molar refractivity (Wildman–Crippen MR) is 236 cm³/mol. The molecule has 2 nitrogen and oxygen atoms in total. The van der Waals surface area contributed by atoms with Crippen molar-refractivity contribution in [2.45, 2.75) is 57.8 Å². The van der Waals surface area contributed by atoms with Gasteiger partial charge in [-0.25, -0.2) is 0 Å². The molecule has 1 aliphatic carbocycles. The normalized spacial score (nSPS) is 13.4. The molecule has 0 saturated carbocycles. The molecule has 0 N–H and O–H groups in total. The largest absolute Gasteiger partial charge is 0.310 e. The van der Waals surface area contributed by atoms with E-state index >= 15 is 0 Å². The molecule has 0 heterocycles. The molecule has 0 spiro atoms. The van der Waals surface area contributed by atoms with Crippen molar-refractivity contribution in [3.05, 3.63) is 180 Å². The van der Waals surface area contributed by atoms with Crippen molar-refractivity contribution in [1.82, 2.24) is 0 Å². The van der Waals surface area contributed by atoms with Crippen LogP contribution in [-0.2, 0) is 4.66 Å². The first-order valence-corrected chi connectivity index (χ1v) is 25.9. The first-order valence-electron chi connectivity index (χ1n) is 18.9. The van der Waals surface area contributed by atoms with Gasteiger partial charge in [-0.05, 0) is 120 Å². The Kier molecular flexibility index (Phi) is 8.59. The number of fused-ring (bicyclic) bond motifs is 5. The van der Waals surface area contributed by atoms with E-state index in [2.05, 4.69) is 221 Å². The molecule has 4 heteroatoms. The number of anilines is 6. The summed E-state index contributed by atoms with van der Waals surface area (Å²) in [5, 5.41) is 2.69. The lowest BCUT2D eigenvalue weighted by Gasteiger charge is -2.51. The highest BCUT2D eigenvalue weighted by Crippen LogP contribution is 2.60. The van der Waals surface area contributed by atoms with Gasteiger partial charge in [0.25, 0.3) is 0 Å². The van der Waals surface area contributed by atoms with Crippen molar-refractivity contribution in [2.75, 3.05) is 9.80 Å². The molecule has 0 bridgehead atoms. The van der Waals surface area contributed by atoms with Crippen molar-refractivity contribution in [3.8, 4) is 11.1 Å². The summed E-state index contributed by atoms with van der Waals surface area (Å²) in [6.45, 7) is 20.0. The third-order valence-electron chi connectivity index (χ3n) is 11.5. The maximum absolute atomic E-state index is 2.62. The Morgan fingerprint density at radius 3 is 1.30 bits per heavy atom. The van der Waals surface area contributed by atoms with Crippen LogP contribution < -0.4 is 9.80 Å². The zero-order chi connectivity index (χ0) is 37.1. The summed E-state index contributed by atoms with van der Waals surface area (Å²) in [6.07, 6.45) is 0. The van der Waals surface area contributed by atoms with Crippen LogP contribution in [0.4, 0.5) is 34.1 Å². The zero-order valence-electron chi connectivity index (χ0n) is 32.4. The maximum Gasteiger partial charge on any atom is 0.0579 e. The Bertz CT molecular complexity index is 2410. The van der Waals surface area contributed by atoms with Crippen LogP contribution in [0.5, 0.6) is 0 Å². The molecular formula is C49H50N2Si2. The molecule has 0 aliphatic heterocycles. The van der Waals surface area contributed by atoms with Crippen LogP contribution in [-0.4, -0.2) is 16.1 Å². The molecule has 0 amide bonds. The summed E-state index contributed by atoms with van der Waals surface area (Å²) in [5.41, 5.74) is 15.5. The molecule has 0 atom stereocenters. The topological polar surface area (TPSA) is 6.48 Å². The second kappa shape index (κ2) is 13.0. The van der Waals surface area contributed by atoms with Gasteiger partial charge in [-0.3, -0.25) is 0 Å². The average Bonchev–Trinajstić information content (AvgIpc) is 3.46. The van der Waals surface area contributed by atoms with E-state index in [1.807, 2.05) is 0 Å². The summed E-state index contributed by atoms with van der Waals surface area (Å²) in [4.78, 5) is 4.83. The van der Waals surface area contributed by atoms with Crippen LogP contribution in [0, 0.1) is 13.8 Å².